The lowest BCUT2D eigenvalue weighted by atomic mass is 10.1. The Hall–Kier alpha value is -1.02. The van der Waals surface area contributed by atoms with Gasteiger partial charge in [0.1, 0.15) is 0 Å². The molecule has 13 heavy (non-hydrogen) atoms. The fourth-order valence-electron chi connectivity index (χ4n) is 1.58. The van der Waals surface area contributed by atoms with Crippen molar-refractivity contribution in [3.05, 3.63) is 30.1 Å². The number of hydrogen-bond donors (Lipinski definition) is 1. The van der Waals surface area contributed by atoms with Crippen LogP contribution in [0.2, 0.25) is 0 Å². The van der Waals surface area contributed by atoms with E-state index in [9.17, 15) is 0 Å². The first-order chi connectivity index (χ1) is 6.27. The van der Waals surface area contributed by atoms with E-state index in [0.717, 1.165) is 24.1 Å². The van der Waals surface area contributed by atoms with E-state index in [1.165, 1.54) is 5.57 Å². The molecule has 0 aromatic carbocycles. The molecule has 3 heteroatoms. The summed E-state index contributed by atoms with van der Waals surface area (Å²) in [7, 11) is 0. The Morgan fingerprint density at radius 1 is 1.54 bits per heavy atom. The van der Waals surface area contributed by atoms with E-state index in [1.54, 1.807) is 12.4 Å². The van der Waals surface area contributed by atoms with Crippen molar-refractivity contribution in [2.45, 2.75) is 18.2 Å². The molecule has 1 aromatic rings. The van der Waals surface area contributed by atoms with Crippen LogP contribution in [0.3, 0.4) is 0 Å². The fourth-order valence-corrected chi connectivity index (χ4v) is 1.84. The predicted octanol–water partition coefficient (Wildman–Crippen LogP) is 2.45. The number of pyridine rings is 1. The van der Waals surface area contributed by atoms with Gasteiger partial charge in [-0.2, -0.15) is 0 Å². The van der Waals surface area contributed by atoms with Gasteiger partial charge in [0.2, 0.25) is 0 Å². The van der Waals surface area contributed by atoms with E-state index in [-0.39, 0.29) is 5.38 Å². The van der Waals surface area contributed by atoms with Crippen molar-refractivity contribution in [2.24, 2.45) is 0 Å². The Labute approximate surface area is 82.4 Å². The van der Waals surface area contributed by atoms with Gasteiger partial charge >= 0.3 is 0 Å². The first-order valence-corrected chi connectivity index (χ1v) is 4.75. The fraction of sp³-hybridized carbons (Fsp3) is 0.300. The van der Waals surface area contributed by atoms with E-state index in [0.29, 0.717) is 0 Å². The maximum Gasteiger partial charge on any atom is 0.0525 e. The normalized spacial score (nSPS) is 21.6. The molecular weight excluding hydrogens is 184 g/mol. The molecule has 0 amide bonds. The SMILES string of the molecule is Nc1ccncc1C1=CC(Cl)CC1. The smallest absolute Gasteiger partial charge is 0.0525 e. The highest BCUT2D eigenvalue weighted by atomic mass is 35.5. The van der Waals surface area contributed by atoms with Gasteiger partial charge < -0.3 is 5.73 Å². The average Bonchev–Trinajstić information content (AvgIpc) is 2.53. The monoisotopic (exact) mass is 194 g/mol. The molecule has 0 radical (unpaired) electrons. The lowest BCUT2D eigenvalue weighted by Crippen LogP contribution is -1.92. The Morgan fingerprint density at radius 2 is 2.38 bits per heavy atom. The zero-order valence-corrected chi connectivity index (χ0v) is 7.96. The summed E-state index contributed by atoms with van der Waals surface area (Å²) < 4.78 is 0. The van der Waals surface area contributed by atoms with Crippen LogP contribution in [-0.4, -0.2) is 10.4 Å². The number of nitrogens with zero attached hydrogens (tertiary/aromatic N) is 1. The van der Waals surface area contributed by atoms with Gasteiger partial charge in [0.25, 0.3) is 0 Å². The second-order valence-electron chi connectivity index (χ2n) is 3.21. The average molecular weight is 195 g/mol. The number of rotatable bonds is 1. The topological polar surface area (TPSA) is 38.9 Å². The molecule has 68 valence electrons. The molecular formula is C10H11ClN2. The minimum atomic E-state index is 0.162. The minimum absolute atomic E-state index is 0.162. The molecule has 1 unspecified atom stereocenters. The molecule has 1 aliphatic rings. The summed E-state index contributed by atoms with van der Waals surface area (Å²) in [4.78, 5) is 4.05. The van der Waals surface area contributed by atoms with Crippen molar-refractivity contribution in [3.8, 4) is 0 Å². The van der Waals surface area contributed by atoms with Gasteiger partial charge in [-0.15, -0.1) is 11.6 Å². The Bertz CT molecular complexity index is 347. The largest absolute Gasteiger partial charge is 0.398 e. The molecule has 0 fully saturated rings. The summed E-state index contributed by atoms with van der Waals surface area (Å²) in [6.07, 6.45) is 7.58. The quantitative estimate of drug-likeness (QED) is 0.698. The zero-order valence-electron chi connectivity index (χ0n) is 7.20. The Kier molecular flexibility index (Phi) is 2.23. The van der Waals surface area contributed by atoms with Crippen molar-refractivity contribution in [2.75, 3.05) is 5.73 Å². The van der Waals surface area contributed by atoms with Crippen LogP contribution >= 0.6 is 11.6 Å². The summed E-state index contributed by atoms with van der Waals surface area (Å²) >= 11 is 5.97. The molecule has 0 bridgehead atoms. The molecule has 2 rings (SSSR count). The molecule has 0 spiro atoms. The van der Waals surface area contributed by atoms with Crippen LogP contribution in [-0.2, 0) is 0 Å². The van der Waals surface area contributed by atoms with Gasteiger partial charge in [-0.05, 0) is 24.5 Å². The van der Waals surface area contributed by atoms with E-state index < -0.39 is 0 Å². The molecule has 1 atom stereocenters. The summed E-state index contributed by atoms with van der Waals surface area (Å²) in [6, 6.07) is 1.82. The lowest BCUT2D eigenvalue weighted by molar-refractivity contribution is 0.941. The van der Waals surface area contributed by atoms with Crippen LogP contribution in [0, 0.1) is 0 Å². The van der Waals surface area contributed by atoms with Crippen LogP contribution in [0.5, 0.6) is 0 Å². The predicted molar refractivity (Wildman–Crippen MR) is 55.5 cm³/mol. The Balaban J connectivity index is 2.36. The van der Waals surface area contributed by atoms with Crippen LogP contribution in [0.15, 0.2) is 24.5 Å². The van der Waals surface area contributed by atoms with E-state index >= 15 is 0 Å². The summed E-state index contributed by atoms with van der Waals surface area (Å²) in [5, 5.41) is 0.162. The number of aromatic nitrogens is 1. The highest BCUT2D eigenvalue weighted by molar-refractivity contribution is 6.22. The van der Waals surface area contributed by atoms with Gasteiger partial charge in [0.05, 0.1) is 5.38 Å². The third-order valence-corrected chi connectivity index (χ3v) is 2.62. The third-order valence-electron chi connectivity index (χ3n) is 2.27. The van der Waals surface area contributed by atoms with Crippen LogP contribution in [0.4, 0.5) is 5.69 Å². The third kappa shape index (κ3) is 1.68. The standard InChI is InChI=1S/C10H11ClN2/c11-8-2-1-7(5-8)9-6-13-4-3-10(9)12/h3-6,8H,1-2H2,(H2,12,13). The number of anilines is 1. The van der Waals surface area contributed by atoms with E-state index in [1.807, 2.05) is 6.07 Å². The highest BCUT2D eigenvalue weighted by Gasteiger charge is 2.15. The molecule has 0 saturated carbocycles. The van der Waals surface area contributed by atoms with Gasteiger partial charge in [0.15, 0.2) is 0 Å². The van der Waals surface area contributed by atoms with Gasteiger partial charge in [0, 0.05) is 23.6 Å². The minimum Gasteiger partial charge on any atom is -0.398 e. The maximum atomic E-state index is 5.97. The van der Waals surface area contributed by atoms with Gasteiger partial charge in [-0.25, -0.2) is 0 Å². The first-order valence-electron chi connectivity index (χ1n) is 4.32. The Morgan fingerprint density at radius 3 is 3.00 bits per heavy atom. The number of hydrogen-bond acceptors (Lipinski definition) is 2. The first kappa shape index (κ1) is 8.57. The molecule has 1 heterocycles. The maximum absolute atomic E-state index is 5.97. The number of allylic oxidation sites excluding steroid dienone is 2. The summed E-state index contributed by atoms with van der Waals surface area (Å²) in [6.45, 7) is 0. The van der Waals surface area contributed by atoms with Crippen LogP contribution in [0.1, 0.15) is 18.4 Å². The number of alkyl halides is 1. The van der Waals surface area contributed by atoms with Crippen molar-refractivity contribution >= 4 is 22.9 Å². The molecule has 0 aliphatic heterocycles. The number of nitrogen functional groups attached to an aromatic ring is 1. The molecule has 1 aliphatic carbocycles. The lowest BCUT2D eigenvalue weighted by Gasteiger charge is -2.03. The van der Waals surface area contributed by atoms with Gasteiger partial charge in [-0.1, -0.05) is 6.08 Å². The second kappa shape index (κ2) is 3.38. The second-order valence-corrected chi connectivity index (χ2v) is 3.77. The van der Waals surface area contributed by atoms with Crippen LogP contribution < -0.4 is 5.73 Å². The summed E-state index contributed by atoms with van der Waals surface area (Å²) in [5.74, 6) is 0. The van der Waals surface area contributed by atoms with E-state index in [4.69, 9.17) is 17.3 Å². The molecule has 1 aromatic heterocycles. The molecule has 2 nitrogen and oxygen atoms in total. The van der Waals surface area contributed by atoms with Crippen molar-refractivity contribution in [1.29, 1.82) is 0 Å². The molecule has 0 saturated heterocycles. The highest BCUT2D eigenvalue weighted by Crippen LogP contribution is 2.32. The van der Waals surface area contributed by atoms with E-state index in [2.05, 4.69) is 11.1 Å². The summed E-state index contributed by atoms with van der Waals surface area (Å²) in [5.41, 5.74) is 8.87. The number of nitrogens with two attached hydrogens (primary N) is 1. The van der Waals surface area contributed by atoms with Crippen molar-refractivity contribution in [1.82, 2.24) is 4.98 Å². The number of halogens is 1. The molecule has 2 N–H and O–H groups in total. The zero-order chi connectivity index (χ0) is 9.26. The van der Waals surface area contributed by atoms with Crippen LogP contribution in [0.25, 0.3) is 5.57 Å². The van der Waals surface area contributed by atoms with Gasteiger partial charge in [-0.3, -0.25) is 4.98 Å². The van der Waals surface area contributed by atoms with Crippen molar-refractivity contribution < 1.29 is 0 Å². The van der Waals surface area contributed by atoms with Crippen molar-refractivity contribution in [3.63, 3.8) is 0 Å².